The van der Waals surface area contributed by atoms with Gasteiger partial charge in [0, 0.05) is 31.8 Å². The van der Waals surface area contributed by atoms with Gasteiger partial charge in [0.15, 0.2) is 0 Å². The predicted molar refractivity (Wildman–Crippen MR) is 116 cm³/mol. The summed E-state index contributed by atoms with van der Waals surface area (Å²) in [5, 5.41) is 0. The lowest BCUT2D eigenvalue weighted by Crippen LogP contribution is -2.43. The molecule has 31 heavy (non-hydrogen) atoms. The zero-order valence-corrected chi connectivity index (χ0v) is 18.6. The molecule has 168 valence electrons. The summed E-state index contributed by atoms with van der Waals surface area (Å²) in [6.45, 7) is 3.86. The van der Waals surface area contributed by atoms with E-state index in [4.69, 9.17) is 4.98 Å². The van der Waals surface area contributed by atoms with Crippen LogP contribution in [0.5, 0.6) is 0 Å². The van der Waals surface area contributed by atoms with Crippen LogP contribution in [0.4, 0.5) is 0 Å². The second-order valence-corrected chi connectivity index (χ2v) is 10.2. The normalized spacial score (nSPS) is 28.5. The van der Waals surface area contributed by atoms with Crippen LogP contribution >= 0.6 is 0 Å². The van der Waals surface area contributed by atoms with Crippen molar-refractivity contribution in [2.75, 3.05) is 13.1 Å². The average Bonchev–Trinajstić information content (AvgIpc) is 3.28. The van der Waals surface area contributed by atoms with Crippen LogP contribution in [0.1, 0.15) is 87.8 Å². The molecule has 2 aliphatic heterocycles. The molecule has 3 atom stereocenters. The molecule has 7 nitrogen and oxygen atoms in total. The molecule has 2 amide bonds. The first-order valence-electron chi connectivity index (χ1n) is 12.2. The van der Waals surface area contributed by atoms with Crippen LogP contribution in [0.25, 0.3) is 0 Å². The number of hydrogen-bond acceptors (Lipinski definition) is 4. The predicted octanol–water partition coefficient (Wildman–Crippen LogP) is 2.94. The molecular formula is C24H34N4O3. The number of hydrogen-bond donors (Lipinski definition) is 1. The van der Waals surface area contributed by atoms with Crippen molar-refractivity contribution >= 4 is 11.8 Å². The number of likely N-dealkylation sites (tertiary alicyclic amines) is 1. The molecule has 3 fully saturated rings. The van der Waals surface area contributed by atoms with Crippen LogP contribution in [0.3, 0.4) is 0 Å². The number of fused-ring (bicyclic) bond motifs is 1. The zero-order valence-electron chi connectivity index (χ0n) is 18.6. The lowest BCUT2D eigenvalue weighted by molar-refractivity contribution is -0.137. The van der Waals surface area contributed by atoms with Gasteiger partial charge in [-0.15, -0.1) is 0 Å². The Balaban J connectivity index is 1.32. The Labute approximate surface area is 183 Å². The summed E-state index contributed by atoms with van der Waals surface area (Å²) in [6, 6.07) is -0.130. The van der Waals surface area contributed by atoms with Gasteiger partial charge in [0.25, 0.3) is 5.56 Å². The fraction of sp³-hybridized carbons (Fsp3) is 0.750. The molecule has 5 rings (SSSR count). The summed E-state index contributed by atoms with van der Waals surface area (Å²) in [5.41, 5.74) is 1.29. The molecule has 1 aromatic rings. The first-order valence-corrected chi connectivity index (χ1v) is 12.2. The Morgan fingerprint density at radius 1 is 1.10 bits per heavy atom. The van der Waals surface area contributed by atoms with Gasteiger partial charge >= 0.3 is 0 Å². The molecule has 0 radical (unpaired) electrons. The smallest absolute Gasteiger partial charge is 0.256 e. The second kappa shape index (κ2) is 8.40. The molecule has 3 heterocycles. The Morgan fingerprint density at radius 3 is 2.58 bits per heavy atom. The van der Waals surface area contributed by atoms with Gasteiger partial charge in [-0.1, -0.05) is 19.8 Å². The highest BCUT2D eigenvalue weighted by atomic mass is 16.2. The maximum Gasteiger partial charge on any atom is 0.256 e. The molecule has 0 bridgehead atoms. The van der Waals surface area contributed by atoms with Gasteiger partial charge in [0.1, 0.15) is 5.82 Å². The molecule has 1 saturated heterocycles. The van der Waals surface area contributed by atoms with E-state index in [1.807, 2.05) is 9.80 Å². The van der Waals surface area contributed by atoms with Gasteiger partial charge in [-0.2, -0.15) is 0 Å². The number of piperidine rings is 1. The van der Waals surface area contributed by atoms with Crippen molar-refractivity contribution in [3.05, 3.63) is 27.4 Å². The second-order valence-electron chi connectivity index (χ2n) is 10.2. The number of aromatic amines is 1. The van der Waals surface area contributed by atoms with Crippen molar-refractivity contribution < 1.29 is 9.59 Å². The lowest BCUT2D eigenvalue weighted by atomic mass is 9.99. The Kier molecular flexibility index (Phi) is 5.61. The van der Waals surface area contributed by atoms with Crippen LogP contribution in [0.2, 0.25) is 0 Å². The van der Waals surface area contributed by atoms with Gasteiger partial charge < -0.3 is 14.8 Å². The van der Waals surface area contributed by atoms with E-state index in [9.17, 15) is 14.4 Å². The first-order chi connectivity index (χ1) is 15.0. The number of carbonyl (C=O) groups excluding carboxylic acids is 2. The minimum atomic E-state index is -0.142. The maximum atomic E-state index is 13.0. The number of carbonyl (C=O) groups is 2. The van der Waals surface area contributed by atoms with Gasteiger partial charge in [0.05, 0.1) is 23.8 Å². The molecule has 2 aliphatic carbocycles. The fourth-order valence-electron chi connectivity index (χ4n) is 5.76. The Bertz CT molecular complexity index is 920. The summed E-state index contributed by atoms with van der Waals surface area (Å²) in [6.07, 6.45) is 9.86. The van der Waals surface area contributed by atoms with E-state index in [2.05, 4.69) is 11.9 Å². The standard InChI is InChI=1S/C24H34N4O3/c1-15-12-17(15)24(31)28-10-5-4-8-20(28)22-25-19-9-11-27(14-18(19)23(30)26-22)21(29)13-16-6-2-3-7-16/h15-17,20H,2-14H2,1H3,(H,25,26,30)/t15-,17-,20-/m1/s1. The minimum Gasteiger partial charge on any atom is -0.338 e. The van der Waals surface area contributed by atoms with E-state index in [0.29, 0.717) is 49.2 Å². The largest absolute Gasteiger partial charge is 0.338 e. The topological polar surface area (TPSA) is 86.4 Å². The van der Waals surface area contributed by atoms with Gasteiger partial charge in [-0.3, -0.25) is 14.4 Å². The van der Waals surface area contributed by atoms with Gasteiger partial charge in [-0.25, -0.2) is 4.98 Å². The third-order valence-corrected chi connectivity index (χ3v) is 7.91. The number of amides is 2. The highest BCUT2D eigenvalue weighted by Crippen LogP contribution is 2.42. The van der Waals surface area contributed by atoms with Crippen LogP contribution in [-0.2, 0) is 22.6 Å². The molecule has 7 heteroatoms. The van der Waals surface area contributed by atoms with Crippen molar-refractivity contribution in [1.82, 2.24) is 19.8 Å². The molecule has 0 unspecified atom stereocenters. The van der Waals surface area contributed by atoms with Crippen molar-refractivity contribution in [3.63, 3.8) is 0 Å². The van der Waals surface area contributed by atoms with E-state index in [-0.39, 0.29) is 29.3 Å². The summed E-state index contributed by atoms with van der Waals surface area (Å²) < 4.78 is 0. The first kappa shape index (κ1) is 20.7. The Hall–Kier alpha value is -2.18. The highest BCUT2D eigenvalue weighted by Gasteiger charge is 2.44. The van der Waals surface area contributed by atoms with Gasteiger partial charge in [0.2, 0.25) is 11.8 Å². The van der Waals surface area contributed by atoms with Crippen molar-refractivity contribution in [3.8, 4) is 0 Å². The number of nitrogens with one attached hydrogen (secondary N) is 1. The van der Waals surface area contributed by atoms with E-state index in [1.165, 1.54) is 12.8 Å². The van der Waals surface area contributed by atoms with Crippen molar-refractivity contribution in [2.45, 2.75) is 83.7 Å². The molecule has 4 aliphatic rings. The van der Waals surface area contributed by atoms with Crippen LogP contribution in [0, 0.1) is 17.8 Å². The van der Waals surface area contributed by atoms with Gasteiger partial charge in [-0.05, 0) is 50.4 Å². The SMILES string of the molecule is C[C@@H]1C[C@H]1C(=O)N1CCCC[C@@H]1c1nc2c(c(=O)[nH]1)CN(C(=O)CC1CCCC1)CC2. The van der Waals surface area contributed by atoms with Crippen LogP contribution in [0.15, 0.2) is 4.79 Å². The molecule has 1 aromatic heterocycles. The van der Waals surface area contributed by atoms with E-state index in [0.717, 1.165) is 50.8 Å². The molecule has 0 aromatic carbocycles. The number of rotatable bonds is 4. The number of nitrogens with zero attached hydrogens (tertiary/aromatic N) is 3. The Morgan fingerprint density at radius 2 is 1.84 bits per heavy atom. The monoisotopic (exact) mass is 426 g/mol. The zero-order chi connectivity index (χ0) is 21.5. The molecule has 1 N–H and O–H groups in total. The summed E-state index contributed by atoms with van der Waals surface area (Å²) in [7, 11) is 0. The highest BCUT2D eigenvalue weighted by molar-refractivity contribution is 5.82. The van der Waals surface area contributed by atoms with Crippen LogP contribution < -0.4 is 5.56 Å². The van der Waals surface area contributed by atoms with Crippen molar-refractivity contribution in [2.24, 2.45) is 17.8 Å². The van der Waals surface area contributed by atoms with E-state index >= 15 is 0 Å². The molecule has 0 spiro atoms. The quantitative estimate of drug-likeness (QED) is 0.802. The fourth-order valence-corrected chi connectivity index (χ4v) is 5.76. The summed E-state index contributed by atoms with van der Waals surface area (Å²) >= 11 is 0. The summed E-state index contributed by atoms with van der Waals surface area (Å²) in [4.78, 5) is 50.3. The summed E-state index contributed by atoms with van der Waals surface area (Å²) in [5.74, 6) is 2.15. The maximum absolute atomic E-state index is 13.0. The third kappa shape index (κ3) is 4.15. The third-order valence-electron chi connectivity index (χ3n) is 7.91. The molecule has 2 saturated carbocycles. The number of aromatic nitrogens is 2. The van der Waals surface area contributed by atoms with E-state index in [1.54, 1.807) is 0 Å². The molecular weight excluding hydrogens is 392 g/mol. The average molecular weight is 427 g/mol. The minimum absolute atomic E-state index is 0.130. The number of H-pyrrole nitrogens is 1. The van der Waals surface area contributed by atoms with E-state index < -0.39 is 0 Å². The lowest BCUT2D eigenvalue weighted by Gasteiger charge is -2.36. The van der Waals surface area contributed by atoms with Crippen LogP contribution in [-0.4, -0.2) is 44.7 Å². The van der Waals surface area contributed by atoms with Crippen molar-refractivity contribution in [1.29, 1.82) is 0 Å².